The average Bonchev–Trinajstić information content (AvgIpc) is 2.69. The monoisotopic (exact) mass is 521 g/mol. The number of halogens is 3. The van der Waals surface area contributed by atoms with E-state index in [9.17, 15) is 8.78 Å². The number of alkyl halides is 2. The van der Waals surface area contributed by atoms with Gasteiger partial charge in [0.2, 0.25) is 0 Å². The Morgan fingerprint density at radius 3 is 2.14 bits per heavy atom. The molecule has 0 aliphatic heterocycles. The third-order valence-electron chi connectivity index (χ3n) is 4.05. The van der Waals surface area contributed by atoms with E-state index < -0.39 is 6.61 Å². The summed E-state index contributed by atoms with van der Waals surface area (Å²) < 4.78 is 40.4. The number of hydrogen-bond donors (Lipinski definition) is 2. The number of rotatable bonds is 8. The van der Waals surface area contributed by atoms with Crippen molar-refractivity contribution in [2.24, 2.45) is 4.99 Å². The van der Waals surface area contributed by atoms with Gasteiger partial charge >= 0.3 is 6.61 Å². The molecule has 2 aromatic rings. The molecule has 0 unspecified atom stereocenters. The van der Waals surface area contributed by atoms with Crippen molar-refractivity contribution in [3.8, 4) is 17.2 Å². The Morgan fingerprint density at radius 2 is 1.59 bits per heavy atom. The molecule has 0 heterocycles. The number of hydrogen-bond acceptors (Lipinski definition) is 4. The maximum atomic E-state index is 12.7. The summed E-state index contributed by atoms with van der Waals surface area (Å²) in [4.78, 5) is 4.16. The first-order valence-electron chi connectivity index (χ1n) is 8.66. The summed E-state index contributed by atoms with van der Waals surface area (Å²) >= 11 is 0. The van der Waals surface area contributed by atoms with Gasteiger partial charge in [-0.15, -0.1) is 24.0 Å². The quantitative estimate of drug-likeness (QED) is 0.311. The Morgan fingerprint density at radius 1 is 0.966 bits per heavy atom. The summed E-state index contributed by atoms with van der Waals surface area (Å²) in [6.07, 6.45) is 0. The molecule has 0 bridgehead atoms. The highest BCUT2D eigenvalue weighted by Crippen LogP contribution is 2.26. The van der Waals surface area contributed by atoms with Crippen molar-refractivity contribution in [3.05, 3.63) is 53.1 Å². The highest BCUT2D eigenvalue weighted by molar-refractivity contribution is 14.0. The van der Waals surface area contributed by atoms with Crippen LogP contribution in [0.5, 0.6) is 17.2 Å². The summed E-state index contributed by atoms with van der Waals surface area (Å²) in [6, 6.07) is 10.7. The fourth-order valence-corrected chi connectivity index (χ4v) is 2.59. The maximum Gasteiger partial charge on any atom is 0.387 e. The van der Waals surface area contributed by atoms with Crippen LogP contribution in [0.15, 0.2) is 41.4 Å². The van der Waals surface area contributed by atoms with Crippen LogP contribution in [0, 0.1) is 6.92 Å². The Hall–Kier alpha value is -2.30. The average molecular weight is 521 g/mol. The van der Waals surface area contributed by atoms with Gasteiger partial charge in [0, 0.05) is 37.3 Å². The first-order valence-corrected chi connectivity index (χ1v) is 8.66. The van der Waals surface area contributed by atoms with E-state index in [4.69, 9.17) is 9.47 Å². The van der Waals surface area contributed by atoms with Crippen LogP contribution in [0.3, 0.4) is 0 Å². The van der Waals surface area contributed by atoms with E-state index in [0.717, 1.165) is 16.9 Å². The van der Waals surface area contributed by atoms with Crippen molar-refractivity contribution >= 4 is 29.9 Å². The molecule has 0 aromatic heterocycles. The van der Waals surface area contributed by atoms with Crippen LogP contribution in [0.1, 0.15) is 16.7 Å². The summed E-state index contributed by atoms with van der Waals surface area (Å²) in [7, 11) is 4.72. The summed E-state index contributed by atoms with van der Waals surface area (Å²) in [6.45, 7) is -0.186. The van der Waals surface area contributed by atoms with Crippen molar-refractivity contribution in [1.29, 1.82) is 0 Å². The second-order valence-corrected chi connectivity index (χ2v) is 5.95. The lowest BCUT2D eigenvalue weighted by Crippen LogP contribution is -2.36. The third kappa shape index (κ3) is 7.56. The van der Waals surface area contributed by atoms with Gasteiger partial charge in [0.1, 0.15) is 17.2 Å². The molecule has 0 amide bonds. The van der Waals surface area contributed by atoms with E-state index in [0.29, 0.717) is 23.8 Å². The van der Waals surface area contributed by atoms with Crippen molar-refractivity contribution < 1.29 is 23.0 Å². The van der Waals surface area contributed by atoms with E-state index in [1.807, 2.05) is 25.1 Å². The van der Waals surface area contributed by atoms with Gasteiger partial charge in [0.05, 0.1) is 14.2 Å². The number of guanidine groups is 1. The molecule has 0 atom stereocenters. The zero-order valence-corrected chi connectivity index (χ0v) is 19.1. The first kappa shape index (κ1) is 24.7. The fourth-order valence-electron chi connectivity index (χ4n) is 2.59. The van der Waals surface area contributed by atoms with E-state index in [2.05, 4.69) is 20.4 Å². The Balaban J connectivity index is 0.00000420. The number of nitrogens with zero attached hydrogens (tertiary/aromatic N) is 1. The molecule has 0 saturated carbocycles. The molecule has 0 saturated heterocycles. The molecule has 160 valence electrons. The van der Waals surface area contributed by atoms with Gasteiger partial charge in [-0.1, -0.05) is 12.1 Å². The number of methoxy groups -OCH3 is 2. The Bertz CT molecular complexity index is 820. The topological polar surface area (TPSA) is 64.1 Å². The number of benzene rings is 2. The zero-order chi connectivity index (χ0) is 20.5. The maximum absolute atomic E-state index is 12.7. The normalized spacial score (nSPS) is 10.9. The molecule has 0 aliphatic carbocycles. The van der Waals surface area contributed by atoms with Crippen LogP contribution >= 0.6 is 24.0 Å². The summed E-state index contributed by atoms with van der Waals surface area (Å²) in [5.74, 6) is 1.79. The molecule has 2 aromatic carbocycles. The number of aryl methyl sites for hydroxylation is 1. The molecule has 0 fully saturated rings. The Labute approximate surface area is 186 Å². The van der Waals surface area contributed by atoms with Crippen molar-refractivity contribution in [2.75, 3.05) is 21.3 Å². The van der Waals surface area contributed by atoms with Crippen LogP contribution in [0.2, 0.25) is 0 Å². The molecule has 0 aliphatic rings. The molecule has 9 heteroatoms. The van der Waals surface area contributed by atoms with Gasteiger partial charge in [-0.3, -0.25) is 4.99 Å². The minimum Gasteiger partial charge on any atom is -0.497 e. The van der Waals surface area contributed by atoms with Crippen LogP contribution in [-0.4, -0.2) is 33.8 Å². The van der Waals surface area contributed by atoms with Gasteiger partial charge in [-0.2, -0.15) is 8.78 Å². The molecule has 2 N–H and O–H groups in total. The van der Waals surface area contributed by atoms with Gasteiger partial charge in [-0.25, -0.2) is 0 Å². The van der Waals surface area contributed by atoms with E-state index in [1.165, 1.54) is 13.2 Å². The molecule has 2 rings (SSSR count). The van der Waals surface area contributed by atoms with Gasteiger partial charge < -0.3 is 24.8 Å². The highest BCUT2D eigenvalue weighted by atomic mass is 127. The lowest BCUT2D eigenvalue weighted by atomic mass is 10.1. The molecule has 0 radical (unpaired) electrons. The van der Waals surface area contributed by atoms with E-state index in [-0.39, 0.29) is 36.3 Å². The molecule has 6 nitrogen and oxygen atoms in total. The molecular formula is C20H26F2IN3O3. The number of aliphatic imine (C=N–C) groups is 1. The lowest BCUT2D eigenvalue weighted by Gasteiger charge is -2.16. The predicted molar refractivity (Wildman–Crippen MR) is 120 cm³/mol. The summed E-state index contributed by atoms with van der Waals surface area (Å²) in [5.41, 5.74) is 2.63. The second kappa shape index (κ2) is 12.3. The molecule has 29 heavy (non-hydrogen) atoms. The first-order chi connectivity index (χ1) is 13.5. The second-order valence-electron chi connectivity index (χ2n) is 5.95. The molecular weight excluding hydrogens is 495 g/mol. The third-order valence-corrected chi connectivity index (χ3v) is 4.05. The van der Waals surface area contributed by atoms with E-state index in [1.54, 1.807) is 26.3 Å². The lowest BCUT2D eigenvalue weighted by molar-refractivity contribution is -0.0505. The van der Waals surface area contributed by atoms with Crippen molar-refractivity contribution in [1.82, 2.24) is 10.6 Å². The Kier molecular flexibility index (Phi) is 10.5. The SMILES string of the molecule is CN=C(NCc1ccc(C)cc1OC)NCc1ccc(OC)cc1OC(F)F.I. The van der Waals surface area contributed by atoms with Crippen LogP contribution in [0.25, 0.3) is 0 Å². The number of nitrogens with one attached hydrogen (secondary N) is 2. The zero-order valence-electron chi connectivity index (χ0n) is 16.8. The minimum atomic E-state index is -2.92. The highest BCUT2D eigenvalue weighted by Gasteiger charge is 2.12. The van der Waals surface area contributed by atoms with Crippen molar-refractivity contribution in [2.45, 2.75) is 26.6 Å². The van der Waals surface area contributed by atoms with Crippen LogP contribution < -0.4 is 24.8 Å². The fraction of sp³-hybridized carbons (Fsp3) is 0.350. The van der Waals surface area contributed by atoms with Crippen LogP contribution in [0.4, 0.5) is 8.78 Å². The minimum absolute atomic E-state index is 0. The van der Waals surface area contributed by atoms with Gasteiger partial charge in [0.15, 0.2) is 5.96 Å². The summed E-state index contributed by atoms with van der Waals surface area (Å²) in [5, 5.41) is 6.27. The van der Waals surface area contributed by atoms with E-state index >= 15 is 0 Å². The van der Waals surface area contributed by atoms with Crippen LogP contribution in [-0.2, 0) is 13.1 Å². The smallest absolute Gasteiger partial charge is 0.387 e. The van der Waals surface area contributed by atoms with Crippen molar-refractivity contribution in [3.63, 3.8) is 0 Å². The van der Waals surface area contributed by atoms with Gasteiger partial charge in [0.25, 0.3) is 0 Å². The molecule has 0 spiro atoms. The predicted octanol–water partition coefficient (Wildman–Crippen LogP) is 4.10. The standard InChI is InChI=1S/C20H25F2N3O3.HI/c1-13-5-6-14(17(9-13)27-4)11-24-20(23-2)25-12-15-7-8-16(26-3)10-18(15)28-19(21)22;/h5-10,19H,11-12H2,1-4H3,(H2,23,24,25);1H. The largest absolute Gasteiger partial charge is 0.497 e. The van der Waals surface area contributed by atoms with Gasteiger partial charge in [-0.05, 0) is 30.7 Å². The number of ether oxygens (including phenoxy) is 3.